The van der Waals surface area contributed by atoms with Crippen LogP contribution in [0, 0.1) is 5.82 Å². The molecule has 0 saturated heterocycles. The van der Waals surface area contributed by atoms with Gasteiger partial charge >= 0.3 is 0 Å². The molecule has 1 N–H and O–H groups in total. The quantitative estimate of drug-likeness (QED) is 0.926. The van der Waals surface area contributed by atoms with Crippen molar-refractivity contribution in [3.63, 3.8) is 0 Å². The van der Waals surface area contributed by atoms with Crippen LogP contribution in [0.25, 0.3) is 0 Å². The summed E-state index contributed by atoms with van der Waals surface area (Å²) >= 11 is 6.16. The van der Waals surface area contributed by atoms with E-state index in [1.807, 2.05) is 6.92 Å². The van der Waals surface area contributed by atoms with E-state index < -0.39 is 0 Å². The maximum atomic E-state index is 12.8. The monoisotopic (exact) mass is 268 g/mol. The molecule has 0 saturated carbocycles. The van der Waals surface area contributed by atoms with Gasteiger partial charge in [0.15, 0.2) is 0 Å². The third-order valence-corrected chi connectivity index (χ3v) is 3.23. The number of halogens is 2. The number of hydrogen-bond donors (Lipinski definition) is 1. The fourth-order valence-corrected chi connectivity index (χ4v) is 2.10. The third-order valence-electron chi connectivity index (χ3n) is 2.80. The van der Waals surface area contributed by atoms with Gasteiger partial charge in [-0.1, -0.05) is 30.7 Å². The first-order chi connectivity index (χ1) is 8.65. The number of hydrogen-bond acceptors (Lipinski definition) is 2. The van der Waals surface area contributed by atoms with Gasteiger partial charge in [0.2, 0.25) is 0 Å². The van der Waals surface area contributed by atoms with Gasteiger partial charge in [-0.3, -0.25) is 0 Å². The fraction of sp³-hybridized carbons (Fsp3) is 0.308. The van der Waals surface area contributed by atoms with E-state index in [9.17, 15) is 9.50 Å². The van der Waals surface area contributed by atoms with E-state index in [0.717, 1.165) is 11.3 Å². The first-order valence-corrected chi connectivity index (χ1v) is 6.12. The Morgan fingerprint density at radius 1 is 1.33 bits per heavy atom. The van der Waals surface area contributed by atoms with Crippen LogP contribution in [0.5, 0.6) is 0 Å². The van der Waals surface area contributed by atoms with Gasteiger partial charge in [0.25, 0.3) is 0 Å². The number of aromatic nitrogens is 2. The molecule has 0 spiro atoms. The van der Waals surface area contributed by atoms with E-state index in [-0.39, 0.29) is 12.4 Å². The van der Waals surface area contributed by atoms with Gasteiger partial charge in [0, 0.05) is 5.56 Å². The van der Waals surface area contributed by atoms with Crippen molar-refractivity contribution in [3.05, 3.63) is 52.1 Å². The molecular weight excluding hydrogens is 255 g/mol. The topological polar surface area (TPSA) is 38.0 Å². The smallest absolute Gasteiger partial charge is 0.133 e. The van der Waals surface area contributed by atoms with Crippen molar-refractivity contribution >= 4 is 11.6 Å². The molecule has 1 aromatic carbocycles. The molecule has 2 aromatic rings. The molecule has 0 bridgehead atoms. The highest BCUT2D eigenvalue weighted by Crippen LogP contribution is 2.21. The standard InChI is InChI=1S/C13H14ClFN2O/c1-2-12-11(8-18)13(14)17(16-12)7-9-3-5-10(15)6-4-9/h3-6,18H,2,7-8H2,1H3. The Labute approximate surface area is 110 Å². The van der Waals surface area contributed by atoms with Gasteiger partial charge in [0.1, 0.15) is 11.0 Å². The average molecular weight is 269 g/mol. The van der Waals surface area contributed by atoms with Gasteiger partial charge < -0.3 is 5.11 Å². The molecule has 5 heteroatoms. The second-order valence-corrected chi connectivity index (χ2v) is 4.37. The number of rotatable bonds is 4. The van der Waals surface area contributed by atoms with Crippen molar-refractivity contribution in [1.29, 1.82) is 0 Å². The Morgan fingerprint density at radius 2 is 2.00 bits per heavy atom. The molecule has 2 rings (SSSR count). The molecule has 96 valence electrons. The first-order valence-electron chi connectivity index (χ1n) is 5.75. The zero-order valence-electron chi connectivity index (χ0n) is 10.0. The molecule has 18 heavy (non-hydrogen) atoms. The largest absolute Gasteiger partial charge is 0.391 e. The number of aliphatic hydroxyl groups is 1. The summed E-state index contributed by atoms with van der Waals surface area (Å²) in [5.41, 5.74) is 2.37. The molecule has 0 unspecified atom stereocenters. The summed E-state index contributed by atoms with van der Waals surface area (Å²) < 4.78 is 14.4. The zero-order valence-corrected chi connectivity index (χ0v) is 10.8. The van der Waals surface area contributed by atoms with Crippen molar-refractivity contribution < 1.29 is 9.50 Å². The van der Waals surface area contributed by atoms with Crippen molar-refractivity contribution in [2.24, 2.45) is 0 Å². The number of nitrogens with zero attached hydrogens (tertiary/aromatic N) is 2. The van der Waals surface area contributed by atoms with Crippen LogP contribution in [0.2, 0.25) is 5.15 Å². The van der Waals surface area contributed by atoms with Gasteiger partial charge in [-0.05, 0) is 24.1 Å². The SMILES string of the molecule is CCc1nn(Cc2ccc(F)cc2)c(Cl)c1CO. The third kappa shape index (κ3) is 2.54. The molecule has 0 aliphatic carbocycles. The Balaban J connectivity index is 2.29. The average Bonchev–Trinajstić information content (AvgIpc) is 2.68. The normalized spacial score (nSPS) is 10.9. The lowest BCUT2D eigenvalue weighted by atomic mass is 10.2. The van der Waals surface area contributed by atoms with Crippen molar-refractivity contribution in [3.8, 4) is 0 Å². The highest BCUT2D eigenvalue weighted by atomic mass is 35.5. The molecule has 1 heterocycles. The summed E-state index contributed by atoms with van der Waals surface area (Å²) in [4.78, 5) is 0. The van der Waals surface area contributed by atoms with Crippen LogP contribution in [-0.4, -0.2) is 14.9 Å². The van der Waals surface area contributed by atoms with E-state index >= 15 is 0 Å². The molecule has 1 aromatic heterocycles. The van der Waals surface area contributed by atoms with Crippen LogP contribution in [0.4, 0.5) is 4.39 Å². The van der Waals surface area contributed by atoms with Gasteiger partial charge in [0.05, 0.1) is 18.8 Å². The predicted molar refractivity (Wildman–Crippen MR) is 68.0 cm³/mol. The molecule has 0 aliphatic rings. The summed E-state index contributed by atoms with van der Waals surface area (Å²) in [6.45, 7) is 2.30. The maximum Gasteiger partial charge on any atom is 0.133 e. The van der Waals surface area contributed by atoms with Crippen LogP contribution < -0.4 is 0 Å². The lowest BCUT2D eigenvalue weighted by molar-refractivity contribution is 0.280. The summed E-state index contributed by atoms with van der Waals surface area (Å²) in [7, 11) is 0. The fourth-order valence-electron chi connectivity index (χ4n) is 1.83. The minimum absolute atomic E-state index is 0.120. The number of aliphatic hydroxyl groups excluding tert-OH is 1. The maximum absolute atomic E-state index is 12.8. The summed E-state index contributed by atoms with van der Waals surface area (Å²) in [6.07, 6.45) is 0.714. The lowest BCUT2D eigenvalue weighted by Crippen LogP contribution is -2.02. The van der Waals surface area contributed by atoms with E-state index in [4.69, 9.17) is 11.6 Å². The summed E-state index contributed by atoms with van der Waals surface area (Å²) in [5.74, 6) is -0.268. The zero-order chi connectivity index (χ0) is 13.1. The van der Waals surface area contributed by atoms with E-state index in [1.54, 1.807) is 16.8 Å². The van der Waals surface area contributed by atoms with Crippen LogP contribution in [0.1, 0.15) is 23.7 Å². The van der Waals surface area contributed by atoms with Gasteiger partial charge in [-0.25, -0.2) is 9.07 Å². The molecule has 0 aliphatic heterocycles. The van der Waals surface area contributed by atoms with E-state index in [1.165, 1.54) is 12.1 Å². The van der Waals surface area contributed by atoms with E-state index in [2.05, 4.69) is 5.10 Å². The van der Waals surface area contributed by atoms with Crippen LogP contribution in [0.3, 0.4) is 0 Å². The molecule has 0 radical (unpaired) electrons. The van der Waals surface area contributed by atoms with Crippen LogP contribution in [-0.2, 0) is 19.6 Å². The molecular formula is C13H14ClFN2O. The van der Waals surface area contributed by atoms with Crippen LogP contribution in [0.15, 0.2) is 24.3 Å². The van der Waals surface area contributed by atoms with Crippen molar-refractivity contribution in [1.82, 2.24) is 9.78 Å². The first kappa shape index (κ1) is 13.1. The minimum Gasteiger partial charge on any atom is -0.391 e. The second-order valence-electron chi connectivity index (χ2n) is 4.01. The molecule has 0 amide bonds. The number of benzene rings is 1. The highest BCUT2D eigenvalue weighted by Gasteiger charge is 2.14. The van der Waals surface area contributed by atoms with Crippen molar-refractivity contribution in [2.45, 2.75) is 26.5 Å². The Kier molecular flexibility index (Phi) is 3.99. The Bertz CT molecular complexity index is 537. The lowest BCUT2D eigenvalue weighted by Gasteiger charge is -2.03. The van der Waals surface area contributed by atoms with E-state index in [0.29, 0.717) is 23.7 Å². The molecule has 3 nitrogen and oxygen atoms in total. The Morgan fingerprint density at radius 3 is 2.50 bits per heavy atom. The number of aryl methyl sites for hydroxylation is 1. The summed E-state index contributed by atoms with van der Waals surface area (Å²) in [6, 6.07) is 6.19. The minimum atomic E-state index is -0.268. The van der Waals surface area contributed by atoms with Gasteiger partial charge in [-0.2, -0.15) is 5.10 Å². The second kappa shape index (κ2) is 5.50. The predicted octanol–water partition coefficient (Wildman–Crippen LogP) is 2.78. The van der Waals surface area contributed by atoms with Crippen LogP contribution >= 0.6 is 11.6 Å². The molecule has 0 atom stereocenters. The van der Waals surface area contributed by atoms with Gasteiger partial charge in [-0.15, -0.1) is 0 Å². The highest BCUT2D eigenvalue weighted by molar-refractivity contribution is 6.30. The molecule has 0 fully saturated rings. The van der Waals surface area contributed by atoms with Crippen molar-refractivity contribution in [2.75, 3.05) is 0 Å². The summed E-state index contributed by atoms with van der Waals surface area (Å²) in [5, 5.41) is 14.0. The Hall–Kier alpha value is -1.39.